The lowest BCUT2D eigenvalue weighted by molar-refractivity contribution is 0.281. The third kappa shape index (κ3) is 4.42. The quantitative estimate of drug-likeness (QED) is 0.548. The lowest BCUT2D eigenvalue weighted by Crippen LogP contribution is -2.21. The minimum absolute atomic E-state index is 0.0352. The SMILES string of the molecule is C[C@@H](CO)Nc1nc(Nc2cccc(O)c2)cc(-c2ccccn2)n1. The topological polar surface area (TPSA) is 103 Å². The normalized spacial score (nSPS) is 11.8. The number of phenolic OH excluding ortho intramolecular Hbond substituents is 1. The molecule has 0 spiro atoms. The highest BCUT2D eigenvalue weighted by Crippen LogP contribution is 2.24. The van der Waals surface area contributed by atoms with Crippen LogP contribution in [0.3, 0.4) is 0 Å². The fourth-order valence-electron chi connectivity index (χ4n) is 2.22. The average Bonchev–Trinajstić information content (AvgIpc) is 2.62. The summed E-state index contributed by atoms with van der Waals surface area (Å²) in [4.78, 5) is 13.2. The molecule has 2 aromatic heterocycles. The second-order valence-electron chi connectivity index (χ2n) is 5.58. The Morgan fingerprint density at radius 3 is 2.64 bits per heavy atom. The average molecular weight is 337 g/mol. The molecule has 2 heterocycles. The van der Waals surface area contributed by atoms with E-state index in [0.29, 0.717) is 28.8 Å². The number of anilines is 3. The molecule has 0 radical (unpaired) electrons. The van der Waals surface area contributed by atoms with Gasteiger partial charge in [0.05, 0.1) is 18.0 Å². The summed E-state index contributed by atoms with van der Waals surface area (Å²) in [6.45, 7) is 1.80. The van der Waals surface area contributed by atoms with Gasteiger partial charge in [0.1, 0.15) is 11.6 Å². The maximum atomic E-state index is 9.61. The largest absolute Gasteiger partial charge is 0.508 e. The van der Waals surface area contributed by atoms with Crippen LogP contribution in [0.1, 0.15) is 6.92 Å². The number of aliphatic hydroxyl groups is 1. The zero-order valence-corrected chi connectivity index (χ0v) is 13.7. The van der Waals surface area contributed by atoms with Gasteiger partial charge in [-0.05, 0) is 31.2 Å². The number of hydrogen-bond donors (Lipinski definition) is 4. The van der Waals surface area contributed by atoms with E-state index in [1.807, 2.05) is 31.2 Å². The minimum atomic E-state index is -0.187. The van der Waals surface area contributed by atoms with Gasteiger partial charge in [0.2, 0.25) is 5.95 Å². The molecule has 7 heteroatoms. The van der Waals surface area contributed by atoms with Crippen molar-refractivity contribution in [2.45, 2.75) is 13.0 Å². The molecule has 0 bridgehead atoms. The molecule has 3 rings (SSSR count). The molecular weight excluding hydrogens is 318 g/mol. The van der Waals surface area contributed by atoms with Crippen LogP contribution in [0, 0.1) is 0 Å². The molecule has 0 unspecified atom stereocenters. The number of nitrogens with zero attached hydrogens (tertiary/aromatic N) is 3. The molecule has 7 nitrogen and oxygen atoms in total. The molecule has 25 heavy (non-hydrogen) atoms. The van der Waals surface area contributed by atoms with E-state index < -0.39 is 0 Å². The van der Waals surface area contributed by atoms with Crippen molar-refractivity contribution < 1.29 is 10.2 Å². The Kier molecular flexibility index (Phi) is 5.06. The standard InChI is InChI=1S/C18H19N5O2/c1-12(11-24)20-18-22-16(15-7-2-3-8-19-15)10-17(23-18)21-13-5-4-6-14(25)9-13/h2-10,12,24-25H,11H2,1H3,(H2,20,21,22,23)/t12-/m0/s1. The molecule has 0 aliphatic rings. The Labute approximate surface area is 145 Å². The predicted molar refractivity (Wildman–Crippen MR) is 96.8 cm³/mol. The number of benzene rings is 1. The van der Waals surface area contributed by atoms with Crippen molar-refractivity contribution in [1.29, 1.82) is 0 Å². The van der Waals surface area contributed by atoms with Gasteiger partial charge in [0, 0.05) is 30.1 Å². The highest BCUT2D eigenvalue weighted by atomic mass is 16.3. The Morgan fingerprint density at radius 2 is 1.92 bits per heavy atom. The van der Waals surface area contributed by atoms with Crippen LogP contribution in [0.25, 0.3) is 11.4 Å². The van der Waals surface area contributed by atoms with Crippen LogP contribution in [-0.4, -0.2) is 37.8 Å². The monoisotopic (exact) mass is 337 g/mol. The summed E-state index contributed by atoms with van der Waals surface area (Å²) in [6.07, 6.45) is 1.70. The van der Waals surface area contributed by atoms with Crippen molar-refractivity contribution in [2.75, 3.05) is 17.2 Å². The van der Waals surface area contributed by atoms with Crippen molar-refractivity contribution in [1.82, 2.24) is 15.0 Å². The highest BCUT2D eigenvalue weighted by Gasteiger charge is 2.10. The number of aromatic nitrogens is 3. The third-order valence-corrected chi connectivity index (χ3v) is 3.42. The second-order valence-corrected chi connectivity index (χ2v) is 5.58. The van der Waals surface area contributed by atoms with E-state index in [1.165, 1.54) is 0 Å². The minimum Gasteiger partial charge on any atom is -0.508 e. The summed E-state index contributed by atoms with van der Waals surface area (Å²) >= 11 is 0. The van der Waals surface area contributed by atoms with Crippen molar-refractivity contribution in [3.63, 3.8) is 0 Å². The molecule has 0 fully saturated rings. The molecule has 128 valence electrons. The Morgan fingerprint density at radius 1 is 1.04 bits per heavy atom. The van der Waals surface area contributed by atoms with E-state index in [4.69, 9.17) is 0 Å². The van der Waals surface area contributed by atoms with E-state index in [0.717, 1.165) is 0 Å². The lowest BCUT2D eigenvalue weighted by atomic mass is 10.2. The molecule has 0 aliphatic heterocycles. The second kappa shape index (κ2) is 7.59. The van der Waals surface area contributed by atoms with Gasteiger partial charge in [-0.15, -0.1) is 0 Å². The van der Waals surface area contributed by atoms with Crippen molar-refractivity contribution >= 4 is 17.5 Å². The molecule has 1 atom stereocenters. The van der Waals surface area contributed by atoms with Gasteiger partial charge >= 0.3 is 0 Å². The smallest absolute Gasteiger partial charge is 0.225 e. The number of nitrogens with one attached hydrogen (secondary N) is 2. The molecular formula is C18H19N5O2. The predicted octanol–water partition coefficient (Wildman–Crippen LogP) is 2.78. The summed E-state index contributed by atoms with van der Waals surface area (Å²) in [5, 5.41) is 25.0. The first-order valence-electron chi connectivity index (χ1n) is 7.88. The van der Waals surface area contributed by atoms with Crippen LogP contribution < -0.4 is 10.6 Å². The van der Waals surface area contributed by atoms with E-state index >= 15 is 0 Å². The van der Waals surface area contributed by atoms with Crippen LogP contribution in [0.5, 0.6) is 5.75 Å². The van der Waals surface area contributed by atoms with Gasteiger partial charge in [0.25, 0.3) is 0 Å². The first-order chi connectivity index (χ1) is 12.1. The Balaban J connectivity index is 1.97. The molecule has 0 saturated heterocycles. The molecule has 1 aromatic carbocycles. The summed E-state index contributed by atoms with van der Waals surface area (Å²) in [6, 6.07) is 13.9. The summed E-state index contributed by atoms with van der Waals surface area (Å²) < 4.78 is 0. The molecule has 0 saturated carbocycles. The van der Waals surface area contributed by atoms with Gasteiger partial charge in [-0.25, -0.2) is 4.98 Å². The van der Waals surface area contributed by atoms with Crippen molar-refractivity contribution in [2.24, 2.45) is 0 Å². The first kappa shape index (κ1) is 16.7. The Hall–Kier alpha value is -3.19. The van der Waals surface area contributed by atoms with Gasteiger partial charge in [-0.1, -0.05) is 12.1 Å². The fraction of sp³-hybridized carbons (Fsp3) is 0.167. The highest BCUT2D eigenvalue weighted by molar-refractivity contribution is 5.65. The van der Waals surface area contributed by atoms with E-state index in [1.54, 1.807) is 30.5 Å². The fourth-order valence-corrected chi connectivity index (χ4v) is 2.22. The van der Waals surface area contributed by atoms with Gasteiger partial charge in [-0.2, -0.15) is 4.98 Å². The maximum absolute atomic E-state index is 9.61. The first-order valence-corrected chi connectivity index (χ1v) is 7.88. The lowest BCUT2D eigenvalue weighted by Gasteiger charge is -2.14. The summed E-state index contributed by atoms with van der Waals surface area (Å²) in [7, 11) is 0. The number of aliphatic hydroxyl groups excluding tert-OH is 1. The Bertz CT molecular complexity index is 842. The number of phenols is 1. The number of pyridine rings is 1. The zero-order valence-electron chi connectivity index (χ0n) is 13.7. The van der Waals surface area contributed by atoms with Gasteiger partial charge < -0.3 is 20.8 Å². The van der Waals surface area contributed by atoms with Crippen LogP contribution in [0.2, 0.25) is 0 Å². The van der Waals surface area contributed by atoms with Crippen LogP contribution in [-0.2, 0) is 0 Å². The molecule has 4 N–H and O–H groups in total. The van der Waals surface area contributed by atoms with E-state index in [9.17, 15) is 10.2 Å². The number of aromatic hydroxyl groups is 1. The van der Waals surface area contributed by atoms with Crippen LogP contribution >= 0.6 is 0 Å². The molecule has 0 amide bonds. The molecule has 3 aromatic rings. The van der Waals surface area contributed by atoms with Crippen LogP contribution in [0.4, 0.5) is 17.5 Å². The summed E-state index contributed by atoms with van der Waals surface area (Å²) in [5.41, 5.74) is 2.06. The van der Waals surface area contributed by atoms with E-state index in [-0.39, 0.29) is 18.4 Å². The number of hydrogen-bond acceptors (Lipinski definition) is 7. The molecule has 0 aliphatic carbocycles. The summed E-state index contributed by atoms with van der Waals surface area (Å²) in [5.74, 6) is 1.09. The zero-order chi connectivity index (χ0) is 17.6. The third-order valence-electron chi connectivity index (χ3n) is 3.42. The number of rotatable bonds is 6. The van der Waals surface area contributed by atoms with Crippen molar-refractivity contribution in [3.05, 3.63) is 54.7 Å². The van der Waals surface area contributed by atoms with Crippen molar-refractivity contribution in [3.8, 4) is 17.1 Å². The van der Waals surface area contributed by atoms with Gasteiger partial charge in [0.15, 0.2) is 0 Å². The van der Waals surface area contributed by atoms with Gasteiger partial charge in [-0.3, -0.25) is 4.98 Å². The maximum Gasteiger partial charge on any atom is 0.225 e. The van der Waals surface area contributed by atoms with E-state index in [2.05, 4.69) is 25.6 Å². The van der Waals surface area contributed by atoms with Crippen LogP contribution in [0.15, 0.2) is 54.7 Å².